The molecule has 0 bridgehead atoms. The van der Waals surface area contributed by atoms with Crippen LogP contribution in [0.3, 0.4) is 0 Å². The van der Waals surface area contributed by atoms with Crippen LogP contribution in [0.15, 0.2) is 82.3 Å². The number of carbonyl (C=O) groups is 1. The Morgan fingerprint density at radius 2 is 1.76 bits per heavy atom. The lowest BCUT2D eigenvalue weighted by molar-refractivity contribution is 0.0714. The van der Waals surface area contributed by atoms with Gasteiger partial charge < -0.3 is 9.32 Å². The second-order valence-corrected chi connectivity index (χ2v) is 7.35. The van der Waals surface area contributed by atoms with Crippen LogP contribution in [-0.4, -0.2) is 15.8 Å². The first-order valence-electron chi connectivity index (χ1n) is 9.14. The number of benzene rings is 2. The number of hydrogen-bond donors (Lipinski definition) is 0. The number of pyridine rings is 1. The molecule has 5 nitrogen and oxygen atoms in total. The fourth-order valence-electron chi connectivity index (χ4n) is 3.83. The SMILES string of the molecule is O=C1c2oc3ccc(Cl)cc3c(=O)c2C(c2ccncc2)N1Cc1ccccc1. The Labute approximate surface area is 171 Å². The van der Waals surface area contributed by atoms with Crippen molar-refractivity contribution in [2.45, 2.75) is 12.6 Å². The van der Waals surface area contributed by atoms with E-state index in [2.05, 4.69) is 4.98 Å². The van der Waals surface area contributed by atoms with Crippen molar-refractivity contribution < 1.29 is 9.21 Å². The Hall–Kier alpha value is -3.44. The van der Waals surface area contributed by atoms with E-state index in [1.165, 1.54) is 0 Å². The van der Waals surface area contributed by atoms with E-state index in [1.54, 1.807) is 35.5 Å². The van der Waals surface area contributed by atoms with Gasteiger partial charge in [-0.3, -0.25) is 14.6 Å². The number of halogens is 1. The van der Waals surface area contributed by atoms with E-state index < -0.39 is 6.04 Å². The maximum absolute atomic E-state index is 13.4. The van der Waals surface area contributed by atoms with Gasteiger partial charge in [0.1, 0.15) is 5.58 Å². The zero-order valence-electron chi connectivity index (χ0n) is 15.2. The molecule has 6 heteroatoms. The number of rotatable bonds is 3. The van der Waals surface area contributed by atoms with Crippen LogP contribution in [0.2, 0.25) is 5.02 Å². The number of carbonyl (C=O) groups excluding carboxylic acids is 1. The van der Waals surface area contributed by atoms with Gasteiger partial charge in [0.05, 0.1) is 17.0 Å². The summed E-state index contributed by atoms with van der Waals surface area (Å²) in [7, 11) is 0. The molecule has 1 aliphatic heterocycles. The van der Waals surface area contributed by atoms with Crippen LogP contribution in [0.25, 0.3) is 11.0 Å². The molecule has 1 atom stereocenters. The Balaban J connectivity index is 1.74. The molecule has 142 valence electrons. The first-order valence-corrected chi connectivity index (χ1v) is 9.52. The molecule has 2 aromatic heterocycles. The van der Waals surface area contributed by atoms with Crippen LogP contribution in [0, 0.1) is 0 Å². The molecule has 0 spiro atoms. The van der Waals surface area contributed by atoms with Gasteiger partial charge in [-0.15, -0.1) is 0 Å². The summed E-state index contributed by atoms with van der Waals surface area (Å²) in [6.07, 6.45) is 3.30. The quantitative estimate of drug-likeness (QED) is 0.503. The minimum atomic E-state index is -0.555. The highest BCUT2D eigenvalue weighted by Crippen LogP contribution is 2.39. The fourth-order valence-corrected chi connectivity index (χ4v) is 4.00. The Morgan fingerprint density at radius 1 is 1.00 bits per heavy atom. The van der Waals surface area contributed by atoms with Gasteiger partial charge in [-0.05, 0) is 41.5 Å². The third kappa shape index (κ3) is 2.91. The number of amides is 1. The van der Waals surface area contributed by atoms with Gasteiger partial charge in [0.15, 0.2) is 5.43 Å². The minimum absolute atomic E-state index is 0.0857. The Bertz CT molecular complexity index is 1290. The van der Waals surface area contributed by atoms with Gasteiger partial charge in [0, 0.05) is 24.0 Å². The Kier molecular flexibility index (Phi) is 4.18. The van der Waals surface area contributed by atoms with Crippen molar-refractivity contribution in [3.05, 3.63) is 111 Å². The highest BCUT2D eigenvalue weighted by molar-refractivity contribution is 6.31. The predicted octanol–water partition coefficient (Wildman–Crippen LogP) is 4.59. The van der Waals surface area contributed by atoms with Gasteiger partial charge in [-0.2, -0.15) is 0 Å². The highest BCUT2D eigenvalue weighted by Gasteiger charge is 2.42. The molecule has 5 rings (SSSR count). The lowest BCUT2D eigenvalue weighted by Gasteiger charge is -2.25. The molecular formula is C23H15ClN2O3. The first-order chi connectivity index (χ1) is 14.1. The standard InChI is InChI=1S/C23H15ClN2O3/c24-16-6-7-18-17(12-16)21(27)19-20(15-8-10-25-11-9-15)26(23(28)22(19)29-18)13-14-4-2-1-3-5-14/h1-12,20H,13H2. The summed E-state index contributed by atoms with van der Waals surface area (Å²) < 4.78 is 5.91. The number of nitrogens with zero attached hydrogens (tertiary/aromatic N) is 2. The molecule has 0 aliphatic carbocycles. The van der Waals surface area contributed by atoms with Gasteiger partial charge >= 0.3 is 0 Å². The highest BCUT2D eigenvalue weighted by atomic mass is 35.5. The van der Waals surface area contributed by atoms with Crippen LogP contribution < -0.4 is 5.43 Å². The van der Waals surface area contributed by atoms with Crippen LogP contribution in [0.5, 0.6) is 0 Å². The lowest BCUT2D eigenvalue weighted by atomic mass is 9.99. The van der Waals surface area contributed by atoms with E-state index >= 15 is 0 Å². The van der Waals surface area contributed by atoms with Gasteiger partial charge in [0.25, 0.3) is 5.91 Å². The number of fused-ring (bicyclic) bond motifs is 2. The Morgan fingerprint density at radius 3 is 2.52 bits per heavy atom. The van der Waals surface area contributed by atoms with Crippen LogP contribution in [0.4, 0.5) is 0 Å². The maximum atomic E-state index is 13.4. The van der Waals surface area contributed by atoms with E-state index in [1.807, 2.05) is 42.5 Å². The summed E-state index contributed by atoms with van der Waals surface area (Å²) >= 11 is 6.09. The second kappa shape index (κ2) is 6.87. The third-order valence-electron chi connectivity index (χ3n) is 5.15. The summed E-state index contributed by atoms with van der Waals surface area (Å²) in [5, 5.41) is 0.806. The largest absolute Gasteiger partial charge is 0.450 e. The van der Waals surface area contributed by atoms with Crippen LogP contribution >= 0.6 is 11.6 Å². The normalized spacial score (nSPS) is 15.7. The monoisotopic (exact) mass is 402 g/mol. The van der Waals surface area contributed by atoms with Crippen molar-refractivity contribution >= 4 is 28.5 Å². The molecular weight excluding hydrogens is 388 g/mol. The first kappa shape index (κ1) is 17.6. The van der Waals surface area contributed by atoms with Crippen molar-refractivity contribution in [2.24, 2.45) is 0 Å². The fraction of sp³-hybridized carbons (Fsp3) is 0.0870. The molecule has 2 aromatic carbocycles. The smallest absolute Gasteiger partial charge is 0.291 e. The summed E-state index contributed by atoms with van der Waals surface area (Å²) in [5.41, 5.74) is 2.22. The second-order valence-electron chi connectivity index (χ2n) is 6.92. The minimum Gasteiger partial charge on any atom is -0.450 e. The summed E-state index contributed by atoms with van der Waals surface area (Å²) in [5.74, 6) is -0.220. The van der Waals surface area contributed by atoms with E-state index in [-0.39, 0.29) is 17.1 Å². The molecule has 0 radical (unpaired) electrons. The summed E-state index contributed by atoms with van der Waals surface area (Å²) in [6, 6.07) is 17.6. The maximum Gasteiger partial charge on any atom is 0.291 e. The third-order valence-corrected chi connectivity index (χ3v) is 5.38. The molecule has 0 saturated heterocycles. The van der Waals surface area contributed by atoms with E-state index in [0.717, 1.165) is 11.1 Å². The summed E-state index contributed by atoms with van der Waals surface area (Å²) in [6.45, 7) is 0.355. The molecule has 4 aromatic rings. The van der Waals surface area contributed by atoms with Gasteiger partial charge in [-0.25, -0.2) is 0 Å². The van der Waals surface area contributed by atoms with Crippen molar-refractivity contribution in [1.82, 2.24) is 9.88 Å². The zero-order chi connectivity index (χ0) is 20.0. The van der Waals surface area contributed by atoms with E-state index in [4.69, 9.17) is 16.0 Å². The molecule has 1 unspecified atom stereocenters. The van der Waals surface area contributed by atoms with Crippen LogP contribution in [-0.2, 0) is 6.54 Å². The summed E-state index contributed by atoms with van der Waals surface area (Å²) in [4.78, 5) is 32.4. The molecule has 0 N–H and O–H groups in total. The molecule has 1 aliphatic rings. The average Bonchev–Trinajstić information content (AvgIpc) is 3.02. The molecule has 3 heterocycles. The number of aromatic nitrogens is 1. The topological polar surface area (TPSA) is 63.4 Å². The number of hydrogen-bond acceptors (Lipinski definition) is 4. The zero-order valence-corrected chi connectivity index (χ0v) is 16.0. The molecule has 0 saturated carbocycles. The lowest BCUT2D eigenvalue weighted by Crippen LogP contribution is -2.29. The van der Waals surface area contributed by atoms with Gasteiger partial charge in [0.2, 0.25) is 5.76 Å². The molecule has 1 amide bonds. The van der Waals surface area contributed by atoms with Gasteiger partial charge in [-0.1, -0.05) is 41.9 Å². The molecule has 29 heavy (non-hydrogen) atoms. The van der Waals surface area contributed by atoms with Crippen molar-refractivity contribution in [3.8, 4) is 0 Å². The predicted molar refractivity (Wildman–Crippen MR) is 110 cm³/mol. The van der Waals surface area contributed by atoms with Crippen molar-refractivity contribution in [2.75, 3.05) is 0 Å². The van der Waals surface area contributed by atoms with E-state index in [0.29, 0.717) is 28.1 Å². The van der Waals surface area contributed by atoms with E-state index in [9.17, 15) is 9.59 Å². The average molecular weight is 403 g/mol. The van der Waals surface area contributed by atoms with Crippen LogP contribution in [0.1, 0.15) is 33.3 Å². The van der Waals surface area contributed by atoms with Crippen molar-refractivity contribution in [1.29, 1.82) is 0 Å². The van der Waals surface area contributed by atoms with Crippen molar-refractivity contribution in [3.63, 3.8) is 0 Å². The molecule has 0 fully saturated rings.